The average molecular weight is 373 g/mol. The number of hydrogen-bond donors (Lipinski definition) is 0. The molecule has 1 amide bonds. The minimum absolute atomic E-state index is 0.209. The fourth-order valence-corrected chi connectivity index (χ4v) is 4.45. The van der Waals surface area contributed by atoms with Gasteiger partial charge in [0.1, 0.15) is 5.75 Å². The Hall–Kier alpha value is -2.05. The summed E-state index contributed by atoms with van der Waals surface area (Å²) in [6.45, 7) is 4.90. The number of rotatable bonds is 5. The number of benzene rings is 2. The number of carbonyl (C=O) groups excluding carboxylic acids is 1. The summed E-state index contributed by atoms with van der Waals surface area (Å²) in [5.74, 6) is 1.57. The Morgan fingerprint density at radius 1 is 1.24 bits per heavy atom. The summed E-state index contributed by atoms with van der Waals surface area (Å²) in [5.41, 5.74) is 1.69. The highest BCUT2D eigenvalue weighted by atomic mass is 32.2. The second-order valence-electron chi connectivity index (χ2n) is 5.34. The van der Waals surface area contributed by atoms with Crippen molar-refractivity contribution in [1.82, 2.24) is 4.57 Å². The zero-order chi connectivity index (χ0) is 17.8. The highest BCUT2D eigenvalue weighted by Crippen LogP contribution is 2.23. The van der Waals surface area contributed by atoms with Gasteiger partial charge >= 0.3 is 0 Å². The van der Waals surface area contributed by atoms with Gasteiger partial charge in [0.25, 0.3) is 5.91 Å². The number of ether oxygens (including phenoxy) is 1. The molecule has 0 aliphatic heterocycles. The van der Waals surface area contributed by atoms with E-state index in [2.05, 4.69) is 23.4 Å². The van der Waals surface area contributed by atoms with Gasteiger partial charge in [0.2, 0.25) is 0 Å². The molecule has 1 aromatic heterocycles. The lowest BCUT2D eigenvalue weighted by molar-refractivity contribution is 0.0997. The average Bonchev–Trinajstić information content (AvgIpc) is 2.98. The van der Waals surface area contributed by atoms with Crippen molar-refractivity contribution in [1.29, 1.82) is 0 Å². The molecule has 0 aliphatic carbocycles. The van der Waals surface area contributed by atoms with Gasteiger partial charge in [-0.3, -0.25) is 4.79 Å². The molecule has 3 rings (SSSR count). The number of thioether (sulfide) groups is 1. The summed E-state index contributed by atoms with van der Waals surface area (Å²) in [6, 6.07) is 13.6. The standard InChI is InChI=1S/C19H20N2O2S2/c1-4-21-16-10-9-14(23-3)12-17(16)25-19(21)20-18(22)13-7-6-8-15(11-13)24-5-2/h6-12H,4-5H2,1-3H3. The van der Waals surface area contributed by atoms with Gasteiger partial charge in [0.05, 0.1) is 17.3 Å². The van der Waals surface area contributed by atoms with Gasteiger partial charge in [-0.25, -0.2) is 0 Å². The van der Waals surface area contributed by atoms with Crippen molar-refractivity contribution in [3.8, 4) is 5.75 Å². The molecule has 3 aromatic rings. The van der Waals surface area contributed by atoms with Crippen LogP contribution in [-0.2, 0) is 6.54 Å². The Morgan fingerprint density at radius 2 is 2.08 bits per heavy atom. The van der Waals surface area contributed by atoms with Crippen LogP contribution in [0.1, 0.15) is 24.2 Å². The van der Waals surface area contributed by atoms with Crippen molar-refractivity contribution >= 4 is 39.2 Å². The van der Waals surface area contributed by atoms with Crippen LogP contribution < -0.4 is 9.54 Å². The number of carbonyl (C=O) groups is 1. The minimum atomic E-state index is -0.209. The van der Waals surface area contributed by atoms with Crippen LogP contribution in [0.4, 0.5) is 0 Å². The number of thiazole rings is 1. The lowest BCUT2D eigenvalue weighted by Crippen LogP contribution is -2.15. The second-order valence-corrected chi connectivity index (χ2v) is 7.69. The Kier molecular flexibility index (Phi) is 5.60. The molecule has 0 aliphatic rings. The molecular weight excluding hydrogens is 352 g/mol. The fourth-order valence-electron chi connectivity index (χ4n) is 2.61. The first-order valence-electron chi connectivity index (χ1n) is 8.15. The van der Waals surface area contributed by atoms with E-state index in [9.17, 15) is 4.79 Å². The zero-order valence-electron chi connectivity index (χ0n) is 14.5. The van der Waals surface area contributed by atoms with Gasteiger partial charge in [-0.15, -0.1) is 11.8 Å². The SMILES string of the molecule is CCSc1cccc(C(=O)N=c2sc3cc(OC)ccc3n2CC)c1. The summed E-state index contributed by atoms with van der Waals surface area (Å²) in [7, 11) is 1.65. The maximum atomic E-state index is 12.6. The van der Waals surface area contributed by atoms with Crippen LogP contribution in [0.3, 0.4) is 0 Å². The molecule has 0 saturated carbocycles. The maximum absolute atomic E-state index is 12.6. The molecule has 130 valence electrons. The molecular formula is C19H20N2O2S2. The smallest absolute Gasteiger partial charge is 0.279 e. The van der Waals surface area contributed by atoms with E-state index in [1.165, 1.54) is 11.3 Å². The van der Waals surface area contributed by atoms with Crippen molar-refractivity contribution in [2.24, 2.45) is 4.99 Å². The van der Waals surface area contributed by atoms with Crippen LogP contribution in [0.2, 0.25) is 0 Å². The third-order valence-electron chi connectivity index (χ3n) is 3.80. The summed E-state index contributed by atoms with van der Waals surface area (Å²) in [5, 5.41) is 0. The molecule has 0 fully saturated rings. The molecule has 0 N–H and O–H groups in total. The van der Waals surface area contributed by atoms with Crippen molar-refractivity contribution < 1.29 is 9.53 Å². The topological polar surface area (TPSA) is 43.6 Å². The minimum Gasteiger partial charge on any atom is -0.497 e. The number of fused-ring (bicyclic) bond motifs is 1. The molecule has 25 heavy (non-hydrogen) atoms. The van der Waals surface area contributed by atoms with E-state index in [4.69, 9.17) is 4.74 Å². The van der Waals surface area contributed by atoms with E-state index in [1.54, 1.807) is 18.9 Å². The lowest BCUT2D eigenvalue weighted by atomic mass is 10.2. The molecule has 0 atom stereocenters. The predicted molar refractivity (Wildman–Crippen MR) is 105 cm³/mol. The molecule has 6 heteroatoms. The number of aromatic nitrogens is 1. The van der Waals surface area contributed by atoms with E-state index in [0.29, 0.717) is 10.4 Å². The summed E-state index contributed by atoms with van der Waals surface area (Å²) >= 11 is 3.22. The van der Waals surface area contributed by atoms with E-state index in [0.717, 1.165) is 33.2 Å². The Bertz CT molecular complexity index is 973. The number of methoxy groups -OCH3 is 1. The van der Waals surface area contributed by atoms with Crippen LogP contribution in [0, 0.1) is 0 Å². The summed E-state index contributed by atoms with van der Waals surface area (Å²) < 4.78 is 8.41. The monoisotopic (exact) mass is 372 g/mol. The highest BCUT2D eigenvalue weighted by Gasteiger charge is 2.10. The first-order chi connectivity index (χ1) is 12.2. The quantitative estimate of drug-likeness (QED) is 0.616. The number of aryl methyl sites for hydroxylation is 1. The molecule has 2 aromatic carbocycles. The number of hydrogen-bond acceptors (Lipinski definition) is 4. The largest absolute Gasteiger partial charge is 0.497 e. The Balaban J connectivity index is 2.05. The van der Waals surface area contributed by atoms with Crippen LogP contribution in [-0.4, -0.2) is 23.3 Å². The van der Waals surface area contributed by atoms with E-state index in [1.807, 2.05) is 42.5 Å². The van der Waals surface area contributed by atoms with Crippen molar-refractivity contribution in [3.05, 3.63) is 52.8 Å². The molecule has 0 unspecified atom stereocenters. The van der Waals surface area contributed by atoms with Crippen LogP contribution in [0.15, 0.2) is 52.4 Å². The van der Waals surface area contributed by atoms with Gasteiger partial charge in [-0.05, 0) is 49.1 Å². The molecule has 4 nitrogen and oxygen atoms in total. The van der Waals surface area contributed by atoms with Gasteiger partial charge in [0.15, 0.2) is 4.80 Å². The van der Waals surface area contributed by atoms with Crippen molar-refractivity contribution in [2.75, 3.05) is 12.9 Å². The molecule has 0 radical (unpaired) electrons. The molecule has 1 heterocycles. The van der Waals surface area contributed by atoms with E-state index >= 15 is 0 Å². The predicted octanol–water partition coefficient (Wildman–Crippen LogP) is 4.58. The van der Waals surface area contributed by atoms with Gasteiger partial charge in [-0.2, -0.15) is 4.99 Å². The first-order valence-corrected chi connectivity index (χ1v) is 9.95. The Morgan fingerprint density at radius 3 is 2.80 bits per heavy atom. The Labute approximate surface area is 155 Å². The molecule has 0 spiro atoms. The van der Waals surface area contributed by atoms with E-state index < -0.39 is 0 Å². The van der Waals surface area contributed by atoms with Crippen LogP contribution in [0.5, 0.6) is 5.75 Å². The number of nitrogens with zero attached hydrogens (tertiary/aromatic N) is 2. The maximum Gasteiger partial charge on any atom is 0.279 e. The molecule has 0 bridgehead atoms. The van der Waals surface area contributed by atoms with Crippen molar-refractivity contribution in [2.45, 2.75) is 25.3 Å². The van der Waals surface area contributed by atoms with Crippen LogP contribution >= 0.6 is 23.1 Å². The fraction of sp³-hybridized carbons (Fsp3) is 0.263. The van der Waals surface area contributed by atoms with Gasteiger partial charge in [0, 0.05) is 17.0 Å². The normalized spacial score (nSPS) is 11.9. The number of amides is 1. The second kappa shape index (κ2) is 7.89. The van der Waals surface area contributed by atoms with E-state index in [-0.39, 0.29) is 5.91 Å². The summed E-state index contributed by atoms with van der Waals surface area (Å²) in [4.78, 5) is 18.8. The van der Waals surface area contributed by atoms with Crippen molar-refractivity contribution in [3.63, 3.8) is 0 Å². The molecule has 0 saturated heterocycles. The van der Waals surface area contributed by atoms with Gasteiger partial charge < -0.3 is 9.30 Å². The zero-order valence-corrected chi connectivity index (χ0v) is 16.1. The third-order valence-corrected chi connectivity index (χ3v) is 5.71. The van der Waals surface area contributed by atoms with Gasteiger partial charge in [-0.1, -0.05) is 24.3 Å². The highest BCUT2D eigenvalue weighted by molar-refractivity contribution is 7.99. The summed E-state index contributed by atoms with van der Waals surface area (Å²) in [6.07, 6.45) is 0. The lowest BCUT2D eigenvalue weighted by Gasteiger charge is -2.02. The third kappa shape index (κ3) is 3.80. The first kappa shape index (κ1) is 17.8. The van der Waals surface area contributed by atoms with Crippen LogP contribution in [0.25, 0.3) is 10.2 Å².